The van der Waals surface area contributed by atoms with Crippen molar-refractivity contribution in [1.29, 1.82) is 0 Å². The van der Waals surface area contributed by atoms with Gasteiger partial charge in [-0.15, -0.1) is 13.2 Å². The van der Waals surface area contributed by atoms with E-state index in [1.807, 2.05) is 0 Å². The van der Waals surface area contributed by atoms with Crippen LogP contribution in [0.4, 0.5) is 17.6 Å². The number of hydrogen-bond acceptors (Lipinski definition) is 3. The van der Waals surface area contributed by atoms with Crippen LogP contribution in [0.3, 0.4) is 0 Å². The molecular weight excluding hydrogens is 372 g/mol. The van der Waals surface area contributed by atoms with Crippen LogP contribution in [0.1, 0.15) is 17.2 Å². The number of nitrogens with zero attached hydrogens (tertiary/aromatic N) is 1. The lowest BCUT2D eigenvalue weighted by Gasteiger charge is -2.35. The van der Waals surface area contributed by atoms with E-state index < -0.39 is 18.2 Å². The quantitative estimate of drug-likeness (QED) is 0.787. The molecule has 26 heavy (non-hydrogen) atoms. The summed E-state index contributed by atoms with van der Waals surface area (Å²) in [6.07, 6.45) is -4.75. The molecular formula is C18H17ClF4N2O. The average molecular weight is 389 g/mol. The smallest absolute Gasteiger partial charge is 0.406 e. The SMILES string of the molecule is Fc1cc(Cl)ccc1[C@H](c1ccc(OC(F)(F)F)cc1)N1CCNCC1. The third-order valence-electron chi connectivity index (χ3n) is 4.20. The number of nitrogens with one attached hydrogen (secondary N) is 1. The normalized spacial score (nSPS) is 17.1. The molecule has 0 spiro atoms. The first-order valence-corrected chi connectivity index (χ1v) is 8.47. The van der Waals surface area contributed by atoms with Gasteiger partial charge in [0.2, 0.25) is 0 Å². The maximum atomic E-state index is 14.5. The Bertz CT molecular complexity index is 746. The van der Waals surface area contributed by atoms with Gasteiger partial charge >= 0.3 is 6.36 Å². The summed E-state index contributed by atoms with van der Waals surface area (Å²) in [7, 11) is 0. The molecule has 2 aromatic rings. The second kappa shape index (κ2) is 7.82. The van der Waals surface area contributed by atoms with Gasteiger partial charge in [0, 0.05) is 36.8 Å². The van der Waals surface area contributed by atoms with Crippen molar-refractivity contribution in [2.24, 2.45) is 0 Å². The first kappa shape index (κ1) is 18.9. The molecule has 3 nitrogen and oxygen atoms in total. The minimum atomic E-state index is -4.75. The molecule has 8 heteroatoms. The zero-order valence-electron chi connectivity index (χ0n) is 13.7. The molecule has 1 aliphatic rings. The van der Waals surface area contributed by atoms with Crippen LogP contribution in [0.2, 0.25) is 5.02 Å². The first-order chi connectivity index (χ1) is 12.3. The highest BCUT2D eigenvalue weighted by Gasteiger charge is 2.31. The Balaban J connectivity index is 1.95. The summed E-state index contributed by atoms with van der Waals surface area (Å²) < 4.78 is 55.5. The summed E-state index contributed by atoms with van der Waals surface area (Å²) >= 11 is 5.85. The van der Waals surface area contributed by atoms with Gasteiger partial charge in [0.05, 0.1) is 6.04 Å². The number of piperazine rings is 1. The predicted molar refractivity (Wildman–Crippen MR) is 90.8 cm³/mol. The Morgan fingerprint density at radius 3 is 2.27 bits per heavy atom. The van der Waals surface area contributed by atoms with E-state index in [0.29, 0.717) is 29.2 Å². The van der Waals surface area contributed by atoms with Gasteiger partial charge in [-0.25, -0.2) is 4.39 Å². The number of alkyl halides is 3. The fourth-order valence-electron chi connectivity index (χ4n) is 3.10. The van der Waals surface area contributed by atoms with Gasteiger partial charge in [0.1, 0.15) is 11.6 Å². The van der Waals surface area contributed by atoms with Crippen LogP contribution in [0.5, 0.6) is 5.75 Å². The van der Waals surface area contributed by atoms with Crippen LogP contribution >= 0.6 is 11.6 Å². The molecule has 2 aromatic carbocycles. The topological polar surface area (TPSA) is 24.5 Å². The molecule has 0 saturated carbocycles. The van der Waals surface area contributed by atoms with Crippen molar-refractivity contribution in [2.45, 2.75) is 12.4 Å². The lowest BCUT2D eigenvalue weighted by molar-refractivity contribution is -0.274. The third-order valence-corrected chi connectivity index (χ3v) is 4.44. The van der Waals surface area contributed by atoms with E-state index in [2.05, 4.69) is 15.0 Å². The van der Waals surface area contributed by atoms with E-state index in [1.165, 1.54) is 30.3 Å². The zero-order chi connectivity index (χ0) is 18.7. The second-order valence-corrected chi connectivity index (χ2v) is 6.41. The highest BCUT2D eigenvalue weighted by molar-refractivity contribution is 6.30. The van der Waals surface area contributed by atoms with Crippen LogP contribution in [-0.2, 0) is 0 Å². The lowest BCUT2D eigenvalue weighted by atomic mass is 9.96. The number of ether oxygens (including phenoxy) is 1. The highest BCUT2D eigenvalue weighted by Crippen LogP contribution is 2.33. The molecule has 140 valence electrons. The minimum absolute atomic E-state index is 0.291. The van der Waals surface area contributed by atoms with Gasteiger partial charge in [-0.05, 0) is 29.8 Å². The number of hydrogen-bond donors (Lipinski definition) is 1. The van der Waals surface area contributed by atoms with E-state index in [9.17, 15) is 17.6 Å². The predicted octanol–water partition coefficient (Wildman–Crippen LogP) is 4.37. The van der Waals surface area contributed by atoms with Gasteiger partial charge in [-0.2, -0.15) is 0 Å². The van der Waals surface area contributed by atoms with Crippen molar-refractivity contribution in [2.75, 3.05) is 26.2 Å². The van der Waals surface area contributed by atoms with Crippen molar-refractivity contribution < 1.29 is 22.3 Å². The molecule has 0 unspecified atom stereocenters. The maximum Gasteiger partial charge on any atom is 0.573 e. The Kier molecular flexibility index (Phi) is 5.70. The first-order valence-electron chi connectivity index (χ1n) is 8.09. The Morgan fingerprint density at radius 2 is 1.69 bits per heavy atom. The number of rotatable bonds is 4. The minimum Gasteiger partial charge on any atom is -0.406 e. The fraction of sp³-hybridized carbons (Fsp3) is 0.333. The molecule has 0 radical (unpaired) electrons. The molecule has 1 heterocycles. The zero-order valence-corrected chi connectivity index (χ0v) is 14.4. The van der Waals surface area contributed by atoms with Gasteiger partial charge in [0.25, 0.3) is 0 Å². The lowest BCUT2D eigenvalue weighted by Crippen LogP contribution is -2.45. The van der Waals surface area contributed by atoms with Crippen LogP contribution < -0.4 is 10.1 Å². The van der Waals surface area contributed by atoms with E-state index in [0.717, 1.165) is 13.1 Å². The highest BCUT2D eigenvalue weighted by atomic mass is 35.5. The number of halogens is 5. The average Bonchev–Trinajstić information content (AvgIpc) is 2.58. The molecule has 1 saturated heterocycles. The van der Waals surface area contributed by atoms with Crippen molar-refractivity contribution in [3.05, 3.63) is 64.4 Å². The summed E-state index contributed by atoms with van der Waals surface area (Å²) in [5, 5.41) is 3.52. The van der Waals surface area contributed by atoms with Crippen LogP contribution in [0.25, 0.3) is 0 Å². The van der Waals surface area contributed by atoms with E-state index in [4.69, 9.17) is 11.6 Å². The van der Waals surface area contributed by atoms with E-state index in [1.54, 1.807) is 12.1 Å². The largest absolute Gasteiger partial charge is 0.573 e. The van der Waals surface area contributed by atoms with Crippen LogP contribution in [0, 0.1) is 5.82 Å². The van der Waals surface area contributed by atoms with Gasteiger partial charge in [-0.3, -0.25) is 4.90 Å². The molecule has 0 aliphatic carbocycles. The van der Waals surface area contributed by atoms with Crippen molar-refractivity contribution >= 4 is 11.6 Å². The maximum absolute atomic E-state index is 14.5. The third kappa shape index (κ3) is 4.66. The molecule has 0 aromatic heterocycles. The standard InChI is InChI=1S/C18H17ClF4N2O/c19-13-3-6-15(16(20)11-13)17(25-9-7-24-8-10-25)12-1-4-14(5-2-12)26-18(21,22)23/h1-6,11,17,24H,7-10H2/t17-/m0/s1. The molecule has 1 atom stereocenters. The summed E-state index contributed by atoms with van der Waals surface area (Å²) in [6, 6.07) is 9.59. The van der Waals surface area contributed by atoms with E-state index in [-0.39, 0.29) is 5.75 Å². The van der Waals surface area contributed by atoms with Crippen molar-refractivity contribution in [3.63, 3.8) is 0 Å². The Labute approximate surface area is 153 Å². The van der Waals surface area contributed by atoms with Crippen molar-refractivity contribution in [1.82, 2.24) is 10.2 Å². The second-order valence-electron chi connectivity index (χ2n) is 5.97. The monoisotopic (exact) mass is 388 g/mol. The molecule has 0 bridgehead atoms. The summed E-state index contributed by atoms with van der Waals surface area (Å²) in [5.41, 5.74) is 1.11. The number of benzene rings is 2. The summed E-state index contributed by atoms with van der Waals surface area (Å²) in [6.45, 7) is 2.88. The van der Waals surface area contributed by atoms with Crippen LogP contribution in [0.15, 0.2) is 42.5 Å². The molecule has 1 aliphatic heterocycles. The van der Waals surface area contributed by atoms with Gasteiger partial charge in [0.15, 0.2) is 0 Å². The summed E-state index contributed by atoms with van der Waals surface area (Å²) in [4.78, 5) is 2.09. The molecule has 1 fully saturated rings. The molecule has 3 rings (SSSR count). The molecule has 0 amide bonds. The molecule has 1 N–H and O–H groups in total. The van der Waals surface area contributed by atoms with Crippen molar-refractivity contribution in [3.8, 4) is 5.75 Å². The summed E-state index contributed by atoms with van der Waals surface area (Å²) in [5.74, 6) is -0.756. The Hall–Kier alpha value is -1.83. The Morgan fingerprint density at radius 1 is 1.04 bits per heavy atom. The van der Waals surface area contributed by atoms with E-state index >= 15 is 0 Å². The van der Waals surface area contributed by atoms with Gasteiger partial charge in [-0.1, -0.05) is 29.8 Å². The van der Waals surface area contributed by atoms with Crippen LogP contribution in [-0.4, -0.2) is 37.4 Å². The van der Waals surface area contributed by atoms with Gasteiger partial charge < -0.3 is 10.1 Å². The fourth-order valence-corrected chi connectivity index (χ4v) is 3.26.